The van der Waals surface area contributed by atoms with Crippen molar-refractivity contribution in [3.63, 3.8) is 0 Å². The monoisotopic (exact) mass is 563 g/mol. The third kappa shape index (κ3) is 7.38. The van der Waals surface area contributed by atoms with Crippen molar-refractivity contribution >= 4 is 51.4 Å². The first-order valence-corrected chi connectivity index (χ1v) is 11.5. The van der Waals surface area contributed by atoms with Gasteiger partial charge in [0.2, 0.25) is 5.56 Å². The number of amides is 1. The number of nitrogens with zero attached hydrogens (tertiary/aromatic N) is 1. The fourth-order valence-corrected chi connectivity index (χ4v) is 4.03. The van der Waals surface area contributed by atoms with E-state index in [9.17, 15) is 14.4 Å². The molecule has 1 unspecified atom stereocenters. The number of benzene rings is 2. The van der Waals surface area contributed by atoms with Gasteiger partial charge >= 0.3 is 5.97 Å². The average Bonchev–Trinajstić information content (AvgIpc) is 2.84. The number of morpholine rings is 1. The molecule has 2 heterocycles. The number of halogens is 2. The molecule has 0 saturated carbocycles. The van der Waals surface area contributed by atoms with Crippen LogP contribution in [0.25, 0.3) is 10.9 Å². The van der Waals surface area contributed by atoms with Crippen molar-refractivity contribution in [2.75, 3.05) is 39.5 Å². The number of nitrogens with one attached hydrogen (secondary N) is 2. The number of carbonyl (C=O) groups is 2. The van der Waals surface area contributed by atoms with Crippen molar-refractivity contribution in [3.8, 4) is 0 Å². The number of para-hydroxylation sites is 1. The largest absolute Gasteiger partial charge is 0.463 e. The third-order valence-electron chi connectivity index (χ3n) is 5.71. The van der Waals surface area contributed by atoms with Crippen LogP contribution in [0.2, 0.25) is 5.02 Å². The lowest BCUT2D eigenvalue weighted by Crippen LogP contribution is -2.44. The van der Waals surface area contributed by atoms with E-state index in [0.717, 1.165) is 18.5 Å². The molecule has 4 rings (SSSR count). The molecule has 1 aliphatic rings. The Hall–Kier alpha value is -2.72. The molecule has 1 aliphatic heterocycles. The van der Waals surface area contributed by atoms with Crippen LogP contribution >= 0.6 is 28.6 Å². The first kappa shape index (κ1) is 26.9. The first-order chi connectivity index (χ1) is 16.5. The van der Waals surface area contributed by atoms with Crippen LogP contribution in [0.15, 0.2) is 59.4 Å². The van der Waals surface area contributed by atoms with Crippen LogP contribution in [0.3, 0.4) is 0 Å². The number of esters is 1. The minimum Gasteiger partial charge on any atom is -0.463 e. The molecule has 1 atom stereocenters. The van der Waals surface area contributed by atoms with Crippen molar-refractivity contribution < 1.29 is 19.1 Å². The lowest BCUT2D eigenvalue weighted by Gasteiger charge is -2.26. The minimum atomic E-state index is -0.974. The van der Waals surface area contributed by atoms with Crippen LogP contribution in [0.4, 0.5) is 0 Å². The van der Waals surface area contributed by atoms with Crippen LogP contribution in [0.5, 0.6) is 0 Å². The lowest BCUT2D eigenvalue weighted by molar-refractivity contribution is -0.146. The van der Waals surface area contributed by atoms with Gasteiger partial charge < -0.3 is 19.8 Å². The van der Waals surface area contributed by atoms with Gasteiger partial charge in [0.15, 0.2) is 0 Å². The second-order valence-electron chi connectivity index (χ2n) is 8.06. The van der Waals surface area contributed by atoms with E-state index in [4.69, 9.17) is 21.1 Å². The second-order valence-corrected chi connectivity index (χ2v) is 8.50. The number of H-pyrrole nitrogens is 1. The van der Waals surface area contributed by atoms with Crippen LogP contribution < -0.4 is 10.9 Å². The predicted octanol–water partition coefficient (Wildman–Crippen LogP) is 2.98. The molecular weight excluding hydrogens is 538 g/mol. The summed E-state index contributed by atoms with van der Waals surface area (Å²) in [6.07, 6.45) is 0.111. The van der Waals surface area contributed by atoms with E-state index in [1.807, 2.05) is 18.2 Å². The van der Waals surface area contributed by atoms with Gasteiger partial charge in [-0.05, 0) is 35.9 Å². The molecule has 1 amide bonds. The highest BCUT2D eigenvalue weighted by atomic mass is 79.9. The Morgan fingerprint density at radius 1 is 1.11 bits per heavy atom. The van der Waals surface area contributed by atoms with Crippen molar-refractivity contribution in [2.45, 2.75) is 12.5 Å². The van der Waals surface area contributed by atoms with Gasteiger partial charge in [-0.25, -0.2) is 4.79 Å². The number of pyridine rings is 1. The maximum absolute atomic E-state index is 13.0. The Balaban J connectivity index is 0.00000342. The summed E-state index contributed by atoms with van der Waals surface area (Å²) >= 11 is 5.92. The van der Waals surface area contributed by atoms with E-state index < -0.39 is 17.9 Å². The normalized spacial score (nSPS) is 14.7. The molecule has 1 aromatic heterocycles. The summed E-state index contributed by atoms with van der Waals surface area (Å²) in [6.45, 7) is 3.66. The van der Waals surface area contributed by atoms with Gasteiger partial charge in [0.25, 0.3) is 5.91 Å². The maximum atomic E-state index is 13.0. The average molecular weight is 565 g/mol. The molecule has 0 radical (unpaired) electrons. The zero-order valence-corrected chi connectivity index (χ0v) is 21.5. The number of aromatic nitrogens is 1. The molecule has 2 N–H and O–H groups in total. The fraction of sp³-hybridized carbons (Fsp3) is 0.320. The van der Waals surface area contributed by atoms with Crippen molar-refractivity contribution in [2.24, 2.45) is 0 Å². The Bertz CT molecular complexity index is 1210. The van der Waals surface area contributed by atoms with Gasteiger partial charge in [-0.2, -0.15) is 0 Å². The van der Waals surface area contributed by atoms with Gasteiger partial charge in [0.1, 0.15) is 12.6 Å². The highest BCUT2D eigenvalue weighted by Crippen LogP contribution is 2.17. The number of hydrogen-bond donors (Lipinski definition) is 2. The fourth-order valence-electron chi connectivity index (χ4n) is 3.90. The molecular formula is C25H27BrClN3O5. The summed E-state index contributed by atoms with van der Waals surface area (Å²) in [6, 6.07) is 14.2. The number of rotatable bonds is 8. The number of ether oxygens (including phenoxy) is 2. The number of hydrogen-bond acceptors (Lipinski definition) is 6. The van der Waals surface area contributed by atoms with Crippen molar-refractivity contribution in [1.29, 1.82) is 0 Å². The molecule has 0 bridgehead atoms. The van der Waals surface area contributed by atoms with Gasteiger partial charge in [-0.3, -0.25) is 14.5 Å². The summed E-state index contributed by atoms with van der Waals surface area (Å²) in [5.41, 5.74) is 1.39. The van der Waals surface area contributed by atoms with E-state index in [1.165, 1.54) is 6.07 Å². The second kappa shape index (κ2) is 12.8. The third-order valence-corrected chi connectivity index (χ3v) is 5.96. The zero-order chi connectivity index (χ0) is 23.9. The first-order valence-electron chi connectivity index (χ1n) is 11.1. The van der Waals surface area contributed by atoms with E-state index in [0.29, 0.717) is 41.4 Å². The van der Waals surface area contributed by atoms with Crippen LogP contribution in [-0.2, 0) is 20.7 Å². The maximum Gasteiger partial charge on any atom is 0.329 e. The van der Waals surface area contributed by atoms with E-state index in [1.54, 1.807) is 30.3 Å². The molecule has 10 heteroatoms. The highest BCUT2D eigenvalue weighted by Gasteiger charge is 2.25. The molecule has 1 fully saturated rings. The number of aromatic amines is 1. The summed E-state index contributed by atoms with van der Waals surface area (Å²) in [4.78, 5) is 43.0. The molecule has 0 spiro atoms. The van der Waals surface area contributed by atoms with Crippen LogP contribution in [0.1, 0.15) is 15.9 Å². The molecule has 2 aromatic carbocycles. The summed E-state index contributed by atoms with van der Waals surface area (Å²) in [5.74, 6) is -0.985. The van der Waals surface area contributed by atoms with E-state index in [-0.39, 0.29) is 35.6 Å². The van der Waals surface area contributed by atoms with E-state index >= 15 is 0 Å². The van der Waals surface area contributed by atoms with Gasteiger partial charge in [0.05, 0.1) is 13.2 Å². The molecule has 8 nitrogen and oxygen atoms in total. The van der Waals surface area contributed by atoms with Crippen molar-refractivity contribution in [3.05, 3.63) is 81.1 Å². The van der Waals surface area contributed by atoms with Crippen LogP contribution in [-0.4, -0.2) is 67.3 Å². The molecule has 35 heavy (non-hydrogen) atoms. The molecule has 0 aliphatic carbocycles. The summed E-state index contributed by atoms with van der Waals surface area (Å²) in [7, 11) is 0. The van der Waals surface area contributed by atoms with Gasteiger partial charge in [-0.15, -0.1) is 17.0 Å². The summed E-state index contributed by atoms with van der Waals surface area (Å²) in [5, 5.41) is 4.08. The number of carbonyl (C=O) groups excluding carboxylic acids is 2. The van der Waals surface area contributed by atoms with Gasteiger partial charge in [0, 0.05) is 53.6 Å². The summed E-state index contributed by atoms with van der Waals surface area (Å²) < 4.78 is 10.9. The van der Waals surface area contributed by atoms with E-state index in [2.05, 4.69) is 15.2 Å². The molecule has 1 saturated heterocycles. The smallest absolute Gasteiger partial charge is 0.329 e. The number of fused-ring (bicyclic) bond motifs is 1. The Labute approximate surface area is 218 Å². The van der Waals surface area contributed by atoms with Crippen molar-refractivity contribution in [1.82, 2.24) is 15.2 Å². The Kier molecular flexibility index (Phi) is 9.85. The quantitative estimate of drug-likeness (QED) is 0.408. The van der Waals surface area contributed by atoms with Gasteiger partial charge in [-0.1, -0.05) is 29.8 Å². The minimum absolute atomic E-state index is 0. The topological polar surface area (TPSA) is 101 Å². The zero-order valence-electron chi connectivity index (χ0n) is 19.0. The Morgan fingerprint density at radius 2 is 1.83 bits per heavy atom. The SMILES string of the molecule is Br.O=C(NC(Cc1cc(=O)[nH]c2ccccc12)C(=O)OCCN1CCOCC1)c1ccc(Cl)cc1. The standard InChI is InChI=1S/C25H26ClN3O5.BrH/c26-19-7-5-17(6-8-19)24(31)28-22(25(32)34-14-11-29-9-12-33-13-10-29)15-18-16-23(30)27-21-4-2-1-3-20(18)21;/h1-8,16,22H,9-15H2,(H,27,30)(H,28,31);1H. The lowest BCUT2D eigenvalue weighted by atomic mass is 10.0. The molecule has 186 valence electrons. The highest BCUT2D eigenvalue weighted by molar-refractivity contribution is 8.93. The van der Waals surface area contributed by atoms with Crippen LogP contribution in [0, 0.1) is 0 Å². The predicted molar refractivity (Wildman–Crippen MR) is 140 cm³/mol. The molecule has 3 aromatic rings. The Morgan fingerprint density at radius 3 is 2.57 bits per heavy atom.